The van der Waals surface area contributed by atoms with Crippen LogP contribution in [-0.2, 0) is 4.79 Å². The highest BCUT2D eigenvalue weighted by Crippen LogP contribution is 2.13. The Labute approximate surface area is 110 Å². The minimum Gasteiger partial charge on any atom is -0.368 e. The number of amides is 2. The highest BCUT2D eigenvalue weighted by molar-refractivity contribution is 5.99. The van der Waals surface area contributed by atoms with E-state index in [2.05, 4.69) is 15.5 Å². The van der Waals surface area contributed by atoms with Crippen molar-refractivity contribution in [2.45, 2.75) is 19.9 Å². The number of aromatic amines is 1. The molecule has 2 rings (SSSR count). The van der Waals surface area contributed by atoms with Gasteiger partial charge in [0.05, 0.1) is 11.7 Å². The fraction of sp³-hybridized carbons (Fsp3) is 0.308. The summed E-state index contributed by atoms with van der Waals surface area (Å²) in [4.78, 5) is 23.3. The van der Waals surface area contributed by atoms with E-state index in [-0.39, 0.29) is 11.8 Å². The first-order chi connectivity index (χ1) is 8.99. The molecule has 0 radical (unpaired) electrons. The van der Waals surface area contributed by atoms with Gasteiger partial charge in [0, 0.05) is 10.9 Å². The maximum atomic E-state index is 12.1. The van der Waals surface area contributed by atoms with Crippen LogP contribution in [0.3, 0.4) is 0 Å². The van der Waals surface area contributed by atoms with E-state index in [1.54, 1.807) is 24.4 Å². The minimum atomic E-state index is -0.676. The molecule has 0 saturated carbocycles. The van der Waals surface area contributed by atoms with E-state index in [1.165, 1.54) is 0 Å². The summed E-state index contributed by atoms with van der Waals surface area (Å²) >= 11 is 0. The quantitative estimate of drug-likeness (QED) is 0.758. The molecule has 100 valence electrons. The Morgan fingerprint density at radius 3 is 2.74 bits per heavy atom. The molecular weight excluding hydrogens is 244 g/mol. The number of hydrogen-bond donors (Lipinski definition) is 3. The number of primary amides is 1. The van der Waals surface area contributed by atoms with Gasteiger partial charge in [-0.2, -0.15) is 5.10 Å². The summed E-state index contributed by atoms with van der Waals surface area (Å²) in [5.74, 6) is -0.919. The fourth-order valence-electron chi connectivity index (χ4n) is 1.87. The number of hydrogen-bond acceptors (Lipinski definition) is 3. The third kappa shape index (κ3) is 2.73. The van der Waals surface area contributed by atoms with Crippen molar-refractivity contribution in [1.82, 2.24) is 15.5 Å². The molecule has 0 aliphatic rings. The van der Waals surface area contributed by atoms with Crippen molar-refractivity contribution >= 4 is 22.7 Å². The highest BCUT2D eigenvalue weighted by atomic mass is 16.2. The van der Waals surface area contributed by atoms with Crippen LogP contribution < -0.4 is 11.1 Å². The number of benzene rings is 1. The molecule has 0 saturated heterocycles. The molecule has 0 bridgehead atoms. The average Bonchev–Trinajstić information content (AvgIpc) is 2.81. The van der Waals surface area contributed by atoms with Crippen LogP contribution in [0.25, 0.3) is 10.9 Å². The molecule has 0 aliphatic carbocycles. The van der Waals surface area contributed by atoms with Crippen molar-refractivity contribution < 1.29 is 9.59 Å². The fourth-order valence-corrected chi connectivity index (χ4v) is 1.87. The van der Waals surface area contributed by atoms with Crippen molar-refractivity contribution in [2.24, 2.45) is 11.7 Å². The second-order valence-corrected chi connectivity index (χ2v) is 4.77. The maximum absolute atomic E-state index is 12.1. The van der Waals surface area contributed by atoms with Gasteiger partial charge in [0.25, 0.3) is 5.91 Å². The van der Waals surface area contributed by atoms with Crippen LogP contribution >= 0.6 is 0 Å². The molecule has 0 aliphatic heterocycles. The molecule has 0 fully saturated rings. The maximum Gasteiger partial charge on any atom is 0.252 e. The molecule has 1 aromatic carbocycles. The monoisotopic (exact) mass is 260 g/mol. The van der Waals surface area contributed by atoms with E-state index >= 15 is 0 Å². The Hall–Kier alpha value is -2.37. The van der Waals surface area contributed by atoms with E-state index < -0.39 is 11.9 Å². The molecule has 2 aromatic rings. The summed E-state index contributed by atoms with van der Waals surface area (Å²) in [7, 11) is 0. The predicted molar refractivity (Wildman–Crippen MR) is 71.4 cm³/mol. The lowest BCUT2D eigenvalue weighted by Gasteiger charge is -2.18. The van der Waals surface area contributed by atoms with Crippen molar-refractivity contribution in [1.29, 1.82) is 0 Å². The molecule has 6 nitrogen and oxygen atoms in total. The molecule has 1 heterocycles. The van der Waals surface area contributed by atoms with Crippen LogP contribution in [0.5, 0.6) is 0 Å². The Balaban J connectivity index is 2.21. The number of carbonyl (C=O) groups is 2. The van der Waals surface area contributed by atoms with Gasteiger partial charge in [0.15, 0.2) is 0 Å². The van der Waals surface area contributed by atoms with Crippen molar-refractivity contribution in [3.05, 3.63) is 30.0 Å². The molecule has 19 heavy (non-hydrogen) atoms. The molecule has 1 atom stereocenters. The van der Waals surface area contributed by atoms with Gasteiger partial charge >= 0.3 is 0 Å². The zero-order chi connectivity index (χ0) is 14.0. The Morgan fingerprint density at radius 1 is 1.37 bits per heavy atom. The minimum absolute atomic E-state index is 0.0580. The molecule has 2 amide bonds. The van der Waals surface area contributed by atoms with Gasteiger partial charge in [0.1, 0.15) is 6.04 Å². The third-order valence-electron chi connectivity index (χ3n) is 2.96. The van der Waals surface area contributed by atoms with Crippen LogP contribution in [0.2, 0.25) is 0 Å². The van der Waals surface area contributed by atoms with E-state index in [9.17, 15) is 9.59 Å². The third-order valence-corrected chi connectivity index (χ3v) is 2.96. The summed E-state index contributed by atoms with van der Waals surface area (Å²) in [5, 5.41) is 10.2. The molecular formula is C13H16N4O2. The zero-order valence-corrected chi connectivity index (χ0v) is 10.8. The van der Waals surface area contributed by atoms with Crippen molar-refractivity contribution in [3.63, 3.8) is 0 Å². The number of H-pyrrole nitrogens is 1. The summed E-state index contributed by atoms with van der Waals surface area (Å²) in [5.41, 5.74) is 6.50. The van der Waals surface area contributed by atoms with Crippen molar-refractivity contribution in [2.75, 3.05) is 0 Å². The van der Waals surface area contributed by atoms with Crippen LogP contribution in [0.4, 0.5) is 0 Å². The van der Waals surface area contributed by atoms with Gasteiger partial charge in [-0.25, -0.2) is 0 Å². The lowest BCUT2D eigenvalue weighted by molar-refractivity contribution is -0.120. The smallest absolute Gasteiger partial charge is 0.252 e. The highest BCUT2D eigenvalue weighted by Gasteiger charge is 2.22. The van der Waals surface area contributed by atoms with Gasteiger partial charge < -0.3 is 11.1 Å². The number of rotatable bonds is 4. The van der Waals surface area contributed by atoms with E-state index in [4.69, 9.17) is 5.73 Å². The lowest BCUT2D eigenvalue weighted by atomic mass is 10.0. The first kappa shape index (κ1) is 13.1. The summed E-state index contributed by atoms with van der Waals surface area (Å²) in [6.45, 7) is 3.65. The number of nitrogens with two attached hydrogens (primary N) is 1. The lowest BCUT2D eigenvalue weighted by Crippen LogP contribution is -2.47. The average molecular weight is 260 g/mol. The van der Waals surface area contributed by atoms with E-state index in [0.717, 1.165) is 10.9 Å². The Bertz CT molecular complexity index is 618. The topological polar surface area (TPSA) is 101 Å². The van der Waals surface area contributed by atoms with Gasteiger partial charge in [-0.1, -0.05) is 19.9 Å². The largest absolute Gasteiger partial charge is 0.368 e. The number of carbonyl (C=O) groups excluding carboxylic acids is 2. The Kier molecular flexibility index (Phi) is 3.50. The SMILES string of the molecule is CC(C)C(NC(=O)c1ccc2cn[nH]c2c1)C(N)=O. The van der Waals surface area contributed by atoms with Gasteiger partial charge in [0.2, 0.25) is 5.91 Å². The normalized spacial score (nSPS) is 12.6. The van der Waals surface area contributed by atoms with Gasteiger partial charge in [-0.15, -0.1) is 0 Å². The van der Waals surface area contributed by atoms with Crippen LogP contribution in [-0.4, -0.2) is 28.1 Å². The zero-order valence-electron chi connectivity index (χ0n) is 10.8. The van der Waals surface area contributed by atoms with E-state index in [1.807, 2.05) is 13.8 Å². The molecule has 0 spiro atoms. The summed E-state index contributed by atoms with van der Waals surface area (Å²) in [6.07, 6.45) is 1.68. The molecule has 6 heteroatoms. The van der Waals surface area contributed by atoms with Crippen molar-refractivity contribution in [3.8, 4) is 0 Å². The predicted octanol–water partition coefficient (Wildman–Crippen LogP) is 0.803. The Morgan fingerprint density at radius 2 is 2.11 bits per heavy atom. The summed E-state index contributed by atoms with van der Waals surface area (Å²) < 4.78 is 0. The van der Waals surface area contributed by atoms with Crippen LogP contribution in [0.15, 0.2) is 24.4 Å². The first-order valence-electron chi connectivity index (χ1n) is 6.02. The summed E-state index contributed by atoms with van der Waals surface area (Å²) in [6, 6.07) is 4.49. The molecule has 1 unspecified atom stereocenters. The van der Waals surface area contributed by atoms with Crippen LogP contribution in [0, 0.1) is 5.92 Å². The first-order valence-corrected chi connectivity index (χ1v) is 6.02. The van der Waals surface area contributed by atoms with Gasteiger partial charge in [-0.3, -0.25) is 14.7 Å². The number of fused-ring (bicyclic) bond motifs is 1. The second-order valence-electron chi connectivity index (χ2n) is 4.77. The molecule has 1 aromatic heterocycles. The number of aromatic nitrogens is 2. The van der Waals surface area contributed by atoms with Gasteiger partial charge in [-0.05, 0) is 18.1 Å². The molecule has 4 N–H and O–H groups in total. The standard InChI is InChI=1S/C13H16N4O2/c1-7(2)11(12(14)18)16-13(19)8-3-4-9-6-15-17-10(9)5-8/h3-7,11H,1-2H3,(H2,14,18)(H,15,17)(H,16,19). The van der Waals surface area contributed by atoms with Crippen LogP contribution in [0.1, 0.15) is 24.2 Å². The number of nitrogens with zero attached hydrogens (tertiary/aromatic N) is 1. The van der Waals surface area contributed by atoms with E-state index in [0.29, 0.717) is 5.56 Å². The second kappa shape index (κ2) is 5.09. The number of nitrogens with one attached hydrogen (secondary N) is 2.